The van der Waals surface area contributed by atoms with Gasteiger partial charge >= 0.3 is 6.09 Å². The monoisotopic (exact) mass is 425 g/mol. The second-order valence-corrected chi connectivity index (χ2v) is 8.31. The SMILES string of the molecule is CCc1cc(C)cc(CC)c1C=CCNC(=O)OCC1c2ccccc2-c2ccccc21. The Kier molecular flexibility index (Phi) is 6.75. The molecule has 4 rings (SSSR count). The Labute approximate surface area is 191 Å². The lowest BCUT2D eigenvalue weighted by Crippen LogP contribution is -2.26. The standard InChI is InChI=1S/C29H31NO2/c1-4-21-17-20(3)18-22(5-2)23(21)15-10-16-30-29(31)32-19-28-26-13-8-6-11-24(26)25-12-7-9-14-27(25)28/h6-15,17-18,28H,4-5,16,19H2,1-3H3,(H,30,31). The zero-order chi connectivity index (χ0) is 22.5. The fraction of sp³-hybridized carbons (Fsp3) is 0.276. The molecule has 0 saturated heterocycles. The van der Waals surface area contributed by atoms with E-state index in [4.69, 9.17) is 4.74 Å². The minimum Gasteiger partial charge on any atom is -0.449 e. The molecule has 3 aromatic rings. The maximum absolute atomic E-state index is 12.4. The number of alkyl carbamates (subject to hydrolysis) is 1. The van der Waals surface area contributed by atoms with Crippen LogP contribution >= 0.6 is 0 Å². The highest BCUT2D eigenvalue weighted by Gasteiger charge is 2.28. The van der Waals surface area contributed by atoms with Crippen molar-refractivity contribution in [2.45, 2.75) is 39.5 Å². The van der Waals surface area contributed by atoms with E-state index in [1.165, 1.54) is 44.5 Å². The van der Waals surface area contributed by atoms with Crippen LogP contribution in [0.25, 0.3) is 17.2 Å². The second kappa shape index (κ2) is 9.86. The van der Waals surface area contributed by atoms with Crippen molar-refractivity contribution in [2.75, 3.05) is 13.2 Å². The summed E-state index contributed by atoms with van der Waals surface area (Å²) in [5.41, 5.74) is 10.2. The largest absolute Gasteiger partial charge is 0.449 e. The number of aryl methyl sites for hydroxylation is 3. The van der Waals surface area contributed by atoms with Crippen LogP contribution in [0.15, 0.2) is 66.7 Å². The molecule has 0 unspecified atom stereocenters. The van der Waals surface area contributed by atoms with Gasteiger partial charge in [-0.3, -0.25) is 0 Å². The average molecular weight is 426 g/mol. The topological polar surface area (TPSA) is 38.3 Å². The fourth-order valence-corrected chi connectivity index (χ4v) is 4.72. The zero-order valence-corrected chi connectivity index (χ0v) is 19.2. The summed E-state index contributed by atoms with van der Waals surface area (Å²) in [4.78, 5) is 12.4. The molecule has 0 radical (unpaired) electrons. The first-order valence-electron chi connectivity index (χ1n) is 11.5. The van der Waals surface area contributed by atoms with Gasteiger partial charge in [0.2, 0.25) is 0 Å². The van der Waals surface area contributed by atoms with Crippen LogP contribution in [0.1, 0.15) is 53.1 Å². The number of amides is 1. The number of carbonyl (C=O) groups is 1. The van der Waals surface area contributed by atoms with Crippen molar-refractivity contribution in [1.29, 1.82) is 0 Å². The fourth-order valence-electron chi connectivity index (χ4n) is 4.72. The maximum atomic E-state index is 12.4. The third kappa shape index (κ3) is 4.47. The van der Waals surface area contributed by atoms with Gasteiger partial charge in [-0.2, -0.15) is 0 Å². The normalized spacial score (nSPS) is 12.6. The van der Waals surface area contributed by atoms with E-state index in [0.717, 1.165) is 12.8 Å². The molecule has 1 aliphatic rings. The molecule has 0 heterocycles. The van der Waals surface area contributed by atoms with Crippen molar-refractivity contribution in [3.05, 3.63) is 100 Å². The lowest BCUT2D eigenvalue weighted by atomic mass is 9.94. The van der Waals surface area contributed by atoms with Crippen molar-refractivity contribution in [1.82, 2.24) is 5.32 Å². The average Bonchev–Trinajstić information content (AvgIpc) is 3.14. The van der Waals surface area contributed by atoms with Crippen molar-refractivity contribution < 1.29 is 9.53 Å². The van der Waals surface area contributed by atoms with E-state index >= 15 is 0 Å². The minimum atomic E-state index is -0.383. The predicted molar refractivity (Wildman–Crippen MR) is 132 cm³/mol. The van der Waals surface area contributed by atoms with Crippen LogP contribution in [0.3, 0.4) is 0 Å². The maximum Gasteiger partial charge on any atom is 0.407 e. The van der Waals surface area contributed by atoms with Gasteiger partial charge in [0.15, 0.2) is 0 Å². The number of nitrogens with one attached hydrogen (secondary N) is 1. The molecule has 0 saturated carbocycles. The lowest BCUT2D eigenvalue weighted by Gasteiger charge is -2.14. The molecule has 3 heteroatoms. The number of ether oxygens (including phenoxy) is 1. The van der Waals surface area contributed by atoms with Gasteiger partial charge in [0.1, 0.15) is 6.61 Å². The number of fused-ring (bicyclic) bond motifs is 3. The Morgan fingerprint density at radius 1 is 0.938 bits per heavy atom. The zero-order valence-electron chi connectivity index (χ0n) is 19.2. The second-order valence-electron chi connectivity index (χ2n) is 8.31. The van der Waals surface area contributed by atoms with E-state index in [1.807, 2.05) is 18.2 Å². The summed E-state index contributed by atoms with van der Waals surface area (Å²) in [5, 5.41) is 2.86. The lowest BCUT2D eigenvalue weighted by molar-refractivity contribution is 0.144. The van der Waals surface area contributed by atoms with Crippen LogP contribution < -0.4 is 5.32 Å². The molecule has 0 spiro atoms. The molecule has 1 aliphatic carbocycles. The highest BCUT2D eigenvalue weighted by molar-refractivity contribution is 5.79. The minimum absolute atomic E-state index is 0.0791. The Morgan fingerprint density at radius 3 is 2.06 bits per heavy atom. The predicted octanol–water partition coefficient (Wildman–Crippen LogP) is 6.67. The van der Waals surface area contributed by atoms with E-state index in [2.05, 4.69) is 80.7 Å². The third-order valence-electron chi connectivity index (χ3n) is 6.25. The molecule has 3 aromatic carbocycles. The van der Waals surface area contributed by atoms with Crippen LogP contribution in [0, 0.1) is 6.92 Å². The van der Waals surface area contributed by atoms with Crippen LogP contribution in [0.4, 0.5) is 4.79 Å². The number of rotatable bonds is 7. The van der Waals surface area contributed by atoms with Gasteiger partial charge in [-0.25, -0.2) is 4.79 Å². The van der Waals surface area contributed by atoms with Crippen LogP contribution in [-0.4, -0.2) is 19.2 Å². The number of carbonyl (C=O) groups excluding carboxylic acids is 1. The molecule has 32 heavy (non-hydrogen) atoms. The molecule has 0 atom stereocenters. The molecule has 0 fully saturated rings. The van der Waals surface area contributed by atoms with Gasteiger partial charge in [-0.15, -0.1) is 0 Å². The van der Waals surface area contributed by atoms with E-state index in [1.54, 1.807) is 0 Å². The Bertz CT molecular complexity index is 1070. The first-order valence-corrected chi connectivity index (χ1v) is 11.5. The highest BCUT2D eigenvalue weighted by atomic mass is 16.5. The Balaban J connectivity index is 1.36. The van der Waals surface area contributed by atoms with E-state index in [0.29, 0.717) is 13.2 Å². The molecule has 1 amide bonds. The molecule has 1 N–H and O–H groups in total. The quantitative estimate of drug-likeness (QED) is 0.459. The summed E-state index contributed by atoms with van der Waals surface area (Å²) < 4.78 is 5.61. The van der Waals surface area contributed by atoms with Gasteiger partial charge in [-0.1, -0.05) is 92.2 Å². The summed E-state index contributed by atoms with van der Waals surface area (Å²) in [6, 6.07) is 21.2. The molecule has 0 aliphatic heterocycles. The molecular formula is C29H31NO2. The summed E-state index contributed by atoms with van der Waals surface area (Å²) in [5.74, 6) is 0.0791. The van der Waals surface area contributed by atoms with Crippen molar-refractivity contribution in [3.63, 3.8) is 0 Å². The molecule has 0 aromatic heterocycles. The molecular weight excluding hydrogens is 394 g/mol. The van der Waals surface area contributed by atoms with E-state index < -0.39 is 0 Å². The van der Waals surface area contributed by atoms with Crippen LogP contribution in [0.5, 0.6) is 0 Å². The Morgan fingerprint density at radius 2 is 1.50 bits per heavy atom. The van der Waals surface area contributed by atoms with Crippen molar-refractivity contribution in [2.24, 2.45) is 0 Å². The van der Waals surface area contributed by atoms with Crippen molar-refractivity contribution >= 4 is 12.2 Å². The van der Waals surface area contributed by atoms with Crippen molar-refractivity contribution in [3.8, 4) is 11.1 Å². The van der Waals surface area contributed by atoms with E-state index in [9.17, 15) is 4.79 Å². The Hall–Kier alpha value is -3.33. The van der Waals surface area contributed by atoms with Crippen LogP contribution in [0.2, 0.25) is 0 Å². The first-order chi connectivity index (χ1) is 15.6. The van der Waals surface area contributed by atoms with Gasteiger partial charge in [-0.05, 0) is 58.7 Å². The summed E-state index contributed by atoms with van der Waals surface area (Å²) in [7, 11) is 0. The third-order valence-corrected chi connectivity index (χ3v) is 6.25. The summed E-state index contributed by atoms with van der Waals surface area (Å²) >= 11 is 0. The highest BCUT2D eigenvalue weighted by Crippen LogP contribution is 2.44. The number of benzene rings is 3. The van der Waals surface area contributed by atoms with Gasteiger partial charge in [0, 0.05) is 12.5 Å². The van der Waals surface area contributed by atoms with Gasteiger partial charge in [0.25, 0.3) is 0 Å². The summed E-state index contributed by atoms with van der Waals surface area (Å²) in [6.07, 6.45) is 5.74. The van der Waals surface area contributed by atoms with E-state index in [-0.39, 0.29) is 12.0 Å². The smallest absolute Gasteiger partial charge is 0.407 e. The van der Waals surface area contributed by atoms with Gasteiger partial charge in [0.05, 0.1) is 0 Å². The molecule has 3 nitrogen and oxygen atoms in total. The first kappa shape index (κ1) is 21.9. The molecule has 0 bridgehead atoms. The van der Waals surface area contributed by atoms with Gasteiger partial charge < -0.3 is 10.1 Å². The number of hydrogen-bond donors (Lipinski definition) is 1. The number of hydrogen-bond acceptors (Lipinski definition) is 2. The molecule has 164 valence electrons. The summed E-state index contributed by atoms with van der Waals surface area (Å²) in [6.45, 7) is 7.28. The van der Waals surface area contributed by atoms with Crippen LogP contribution in [-0.2, 0) is 17.6 Å².